The van der Waals surface area contributed by atoms with Crippen molar-refractivity contribution in [3.8, 4) is 0 Å². The molecule has 0 saturated carbocycles. The van der Waals surface area contributed by atoms with Crippen molar-refractivity contribution in [3.05, 3.63) is 125 Å². The summed E-state index contributed by atoms with van der Waals surface area (Å²) in [5.74, 6) is -2.85. The molecule has 9 heteroatoms. The largest absolute Gasteiger partial charge is 0.394 e. The molecule has 0 aliphatic carbocycles. The number of halogens is 1. The molecular weight excluding hydrogens is 602 g/mol. The van der Waals surface area contributed by atoms with Crippen molar-refractivity contribution in [2.45, 2.75) is 43.2 Å². The van der Waals surface area contributed by atoms with Gasteiger partial charge in [-0.15, -0.1) is 0 Å². The molecule has 1 N–H and O–H groups in total. The highest BCUT2D eigenvalue weighted by molar-refractivity contribution is 6.34. The van der Waals surface area contributed by atoms with E-state index < -0.39 is 35.1 Å². The summed E-state index contributed by atoms with van der Waals surface area (Å²) in [6, 6.07) is 24.5. The smallest absolute Gasteiger partial charge is 0.253 e. The number of ether oxygens (including phenoxy) is 1. The maximum atomic E-state index is 14.9. The van der Waals surface area contributed by atoms with Gasteiger partial charge in [0.1, 0.15) is 11.6 Å². The zero-order valence-electron chi connectivity index (χ0n) is 25.5. The van der Waals surface area contributed by atoms with Crippen LogP contribution in [0.4, 0.5) is 5.69 Å². The minimum atomic E-state index is -1.45. The zero-order valence-corrected chi connectivity index (χ0v) is 26.3. The molecule has 4 aliphatic rings. The van der Waals surface area contributed by atoms with Gasteiger partial charge in [0.15, 0.2) is 0 Å². The molecule has 3 aromatic rings. The molecule has 7 rings (SSSR count). The van der Waals surface area contributed by atoms with Crippen molar-refractivity contribution in [1.82, 2.24) is 9.80 Å². The fraction of sp³-hybridized carbons (Fsp3) is 0.324. The summed E-state index contributed by atoms with van der Waals surface area (Å²) in [6.07, 6.45) is 7.77. The number of amides is 3. The van der Waals surface area contributed by atoms with Gasteiger partial charge >= 0.3 is 0 Å². The molecule has 0 radical (unpaired) electrons. The standard InChI is InChI=1S/C37H36ClN3O5/c1-36-18-10-20-39(23-26-14-6-3-7-15-26)33(43)30(36)31-34(44)41(27(24-42)22-25-12-4-2-5-13-25)32-35(45)40(21-11-19-37(31,32)46-36)29-17-9-8-16-28(29)38/h2-19,27,30-32,42H,20-24H2,1H3/t27-,30+,31+,32?,36-,37+/m1/s1. The fourth-order valence-corrected chi connectivity index (χ4v) is 8.11. The Bertz CT molecular complexity index is 1710. The van der Waals surface area contributed by atoms with Crippen LogP contribution in [0.25, 0.3) is 0 Å². The van der Waals surface area contributed by atoms with Crippen LogP contribution in [-0.4, -0.2) is 75.6 Å². The van der Waals surface area contributed by atoms with E-state index >= 15 is 0 Å². The van der Waals surface area contributed by atoms with E-state index in [-0.39, 0.29) is 30.9 Å². The number of benzene rings is 3. The van der Waals surface area contributed by atoms with Crippen molar-refractivity contribution in [2.75, 3.05) is 24.6 Å². The predicted molar refractivity (Wildman–Crippen MR) is 175 cm³/mol. The minimum Gasteiger partial charge on any atom is -0.394 e. The number of aliphatic hydroxyl groups excluding tert-OH is 1. The second kappa shape index (κ2) is 11.8. The maximum Gasteiger partial charge on any atom is 0.253 e. The third kappa shape index (κ3) is 4.87. The Hall–Kier alpha value is -4.24. The molecule has 2 fully saturated rings. The Morgan fingerprint density at radius 2 is 1.48 bits per heavy atom. The average Bonchev–Trinajstić information content (AvgIpc) is 3.34. The molecule has 3 aromatic carbocycles. The number of nitrogens with zero attached hydrogens (tertiary/aromatic N) is 3. The van der Waals surface area contributed by atoms with E-state index in [9.17, 15) is 19.5 Å². The van der Waals surface area contributed by atoms with Crippen LogP contribution in [0.5, 0.6) is 0 Å². The van der Waals surface area contributed by atoms with E-state index in [4.69, 9.17) is 16.3 Å². The topological polar surface area (TPSA) is 90.4 Å². The summed E-state index contributed by atoms with van der Waals surface area (Å²) in [4.78, 5) is 49.2. The van der Waals surface area contributed by atoms with Crippen LogP contribution >= 0.6 is 11.6 Å². The first-order valence-corrected chi connectivity index (χ1v) is 16.1. The Kier molecular flexibility index (Phi) is 7.83. The second-order valence-electron chi connectivity index (χ2n) is 12.7. The number of carbonyl (C=O) groups is 3. The van der Waals surface area contributed by atoms with Crippen molar-refractivity contribution in [1.29, 1.82) is 0 Å². The molecule has 0 bridgehead atoms. The number of anilines is 1. The van der Waals surface area contributed by atoms with Crippen molar-refractivity contribution >= 4 is 35.0 Å². The summed E-state index contributed by atoms with van der Waals surface area (Å²) in [7, 11) is 0. The van der Waals surface area contributed by atoms with Crippen LogP contribution < -0.4 is 4.90 Å². The normalized spacial score (nSPS) is 29.3. The molecular formula is C37H36ClN3O5. The number of carbonyl (C=O) groups excluding carboxylic acids is 3. The summed E-state index contributed by atoms with van der Waals surface area (Å²) in [5.41, 5.74) is -0.205. The van der Waals surface area contributed by atoms with Crippen molar-refractivity contribution in [3.63, 3.8) is 0 Å². The molecule has 2 saturated heterocycles. The number of fused-ring (bicyclic) bond motifs is 2. The van der Waals surface area contributed by atoms with Gasteiger partial charge in [0, 0.05) is 19.6 Å². The van der Waals surface area contributed by atoms with Gasteiger partial charge in [0.2, 0.25) is 11.8 Å². The highest BCUT2D eigenvalue weighted by atomic mass is 35.5. The van der Waals surface area contributed by atoms with Crippen LogP contribution in [0.2, 0.25) is 5.02 Å². The van der Waals surface area contributed by atoms with Crippen molar-refractivity contribution < 1.29 is 24.2 Å². The van der Waals surface area contributed by atoms with E-state index in [2.05, 4.69) is 0 Å². The number of para-hydroxylation sites is 1. The molecule has 3 amide bonds. The molecule has 8 nitrogen and oxygen atoms in total. The summed E-state index contributed by atoms with van der Waals surface area (Å²) in [6.45, 7) is 2.40. The van der Waals surface area contributed by atoms with Gasteiger partial charge in [-0.05, 0) is 36.6 Å². The molecule has 4 heterocycles. The lowest BCUT2D eigenvalue weighted by Crippen LogP contribution is -2.59. The third-order valence-electron chi connectivity index (χ3n) is 9.86. The molecule has 0 aromatic heterocycles. The van der Waals surface area contributed by atoms with Gasteiger partial charge < -0.3 is 24.5 Å². The van der Waals surface area contributed by atoms with E-state index in [0.29, 0.717) is 30.2 Å². The Balaban J connectivity index is 1.35. The molecule has 1 unspecified atom stereocenters. The molecule has 4 aliphatic heterocycles. The summed E-state index contributed by atoms with van der Waals surface area (Å²) < 4.78 is 6.98. The molecule has 1 spiro atoms. The first kappa shape index (κ1) is 30.4. The van der Waals surface area contributed by atoms with Gasteiger partial charge in [-0.25, -0.2) is 0 Å². The lowest BCUT2D eigenvalue weighted by molar-refractivity contribution is -0.151. The van der Waals surface area contributed by atoms with Crippen LogP contribution in [0.15, 0.2) is 109 Å². The highest BCUT2D eigenvalue weighted by Gasteiger charge is 2.75. The van der Waals surface area contributed by atoms with Crippen LogP contribution in [0, 0.1) is 11.8 Å². The number of rotatable bonds is 7. The lowest BCUT2D eigenvalue weighted by Gasteiger charge is -2.40. The number of hydrogen-bond acceptors (Lipinski definition) is 5. The van der Waals surface area contributed by atoms with Gasteiger partial charge in [0.25, 0.3) is 5.91 Å². The van der Waals surface area contributed by atoms with Crippen LogP contribution in [0.3, 0.4) is 0 Å². The van der Waals surface area contributed by atoms with E-state index in [1.54, 1.807) is 34.1 Å². The summed E-state index contributed by atoms with van der Waals surface area (Å²) in [5, 5.41) is 11.2. The molecule has 46 heavy (non-hydrogen) atoms. The minimum absolute atomic E-state index is 0.201. The zero-order chi connectivity index (χ0) is 32.1. The first-order chi connectivity index (χ1) is 22.3. The maximum absolute atomic E-state index is 14.9. The second-order valence-corrected chi connectivity index (χ2v) is 13.1. The highest BCUT2D eigenvalue weighted by Crippen LogP contribution is 2.58. The van der Waals surface area contributed by atoms with E-state index in [1.165, 1.54) is 4.90 Å². The quantitative estimate of drug-likeness (QED) is 0.388. The molecule has 236 valence electrons. The van der Waals surface area contributed by atoms with Gasteiger partial charge in [-0.3, -0.25) is 14.4 Å². The van der Waals surface area contributed by atoms with E-state index in [0.717, 1.165) is 11.1 Å². The molecule has 6 atom stereocenters. The Labute approximate surface area is 273 Å². The third-order valence-corrected chi connectivity index (χ3v) is 10.2. The number of likely N-dealkylation sites (tertiary alicyclic amines) is 1. The van der Waals surface area contributed by atoms with Gasteiger partial charge in [0.05, 0.1) is 40.8 Å². The van der Waals surface area contributed by atoms with Crippen LogP contribution in [0.1, 0.15) is 18.1 Å². The Morgan fingerprint density at radius 1 is 0.826 bits per heavy atom. The van der Waals surface area contributed by atoms with E-state index in [1.807, 2.05) is 91.9 Å². The van der Waals surface area contributed by atoms with Gasteiger partial charge in [-0.1, -0.05) is 109 Å². The lowest BCUT2D eigenvalue weighted by atomic mass is 9.74. The first-order valence-electron chi connectivity index (χ1n) is 15.7. The number of hydrogen-bond donors (Lipinski definition) is 1. The summed E-state index contributed by atoms with van der Waals surface area (Å²) >= 11 is 6.60. The SMILES string of the molecule is C[C@@]12C=CCN(Cc3ccccc3)C(=O)[C@@H]1[C@H]1C(=O)N([C@@H](CO)Cc3ccccc3)C3C(=O)N(c4ccccc4Cl)CC=C[C@@]31O2. The fourth-order valence-electron chi connectivity index (χ4n) is 7.87. The average molecular weight is 638 g/mol. The van der Waals surface area contributed by atoms with Crippen molar-refractivity contribution in [2.24, 2.45) is 11.8 Å². The number of aliphatic hydroxyl groups is 1. The van der Waals surface area contributed by atoms with Crippen LogP contribution in [-0.2, 0) is 32.1 Å². The monoisotopic (exact) mass is 637 g/mol. The van der Waals surface area contributed by atoms with Gasteiger partial charge in [-0.2, -0.15) is 0 Å². The predicted octanol–water partition coefficient (Wildman–Crippen LogP) is 4.42. The Morgan fingerprint density at radius 3 is 2.17 bits per heavy atom.